The number of nitrogens with one attached hydrogen (secondary N) is 1. The van der Waals surface area contributed by atoms with Crippen molar-refractivity contribution in [2.45, 2.75) is 37.5 Å². The third kappa shape index (κ3) is 5.63. The summed E-state index contributed by atoms with van der Waals surface area (Å²) in [5.74, 6) is -1.37. The van der Waals surface area contributed by atoms with Crippen LogP contribution in [0.4, 0.5) is 0 Å². The first-order chi connectivity index (χ1) is 14.7. The van der Waals surface area contributed by atoms with Crippen LogP contribution in [0.25, 0.3) is 10.9 Å². The largest absolute Gasteiger partial charge is 0.383 e. The Morgan fingerprint density at radius 1 is 1.19 bits per heavy atom. The number of morpholine rings is 1. The van der Waals surface area contributed by atoms with Crippen LogP contribution in [0.5, 0.6) is 0 Å². The van der Waals surface area contributed by atoms with Gasteiger partial charge in [-0.25, -0.2) is 8.42 Å². The van der Waals surface area contributed by atoms with Gasteiger partial charge in [-0.3, -0.25) is 9.59 Å². The maximum absolute atomic E-state index is 13.0. The van der Waals surface area contributed by atoms with Gasteiger partial charge in [0.1, 0.15) is 12.3 Å². The molecule has 2 aromatic rings. The molecule has 2 amide bonds. The van der Waals surface area contributed by atoms with Crippen LogP contribution in [0, 0.1) is 0 Å². The Bertz CT molecular complexity index is 1040. The van der Waals surface area contributed by atoms with E-state index in [0.717, 1.165) is 0 Å². The highest BCUT2D eigenvalue weighted by Gasteiger charge is 2.28. The van der Waals surface area contributed by atoms with Crippen molar-refractivity contribution >= 4 is 32.6 Å². The van der Waals surface area contributed by atoms with E-state index in [1.165, 1.54) is 13.3 Å². The number of rotatable bonds is 8. The monoisotopic (exact) mass is 451 g/mol. The fourth-order valence-electron chi connectivity index (χ4n) is 3.81. The van der Waals surface area contributed by atoms with Gasteiger partial charge in [0.05, 0.1) is 23.7 Å². The molecule has 31 heavy (non-hydrogen) atoms. The SMILES string of the molecule is COCCNC(=O)CS(=O)(=O)c1cn(CC(=O)N2C[C@H](C)O[C@@H](C)C2)c2ccccc12. The zero-order chi connectivity index (χ0) is 22.6. The lowest BCUT2D eigenvalue weighted by Gasteiger charge is -2.35. The number of carbonyl (C=O) groups excluding carboxylic acids is 2. The fourth-order valence-corrected chi connectivity index (χ4v) is 5.21. The molecule has 0 bridgehead atoms. The summed E-state index contributed by atoms with van der Waals surface area (Å²) >= 11 is 0. The van der Waals surface area contributed by atoms with E-state index in [1.54, 1.807) is 33.7 Å². The van der Waals surface area contributed by atoms with E-state index >= 15 is 0 Å². The van der Waals surface area contributed by atoms with Crippen molar-refractivity contribution in [3.05, 3.63) is 30.5 Å². The van der Waals surface area contributed by atoms with E-state index in [2.05, 4.69) is 5.32 Å². The molecular weight excluding hydrogens is 422 g/mol. The minimum atomic E-state index is -3.90. The van der Waals surface area contributed by atoms with Crippen molar-refractivity contribution in [1.82, 2.24) is 14.8 Å². The molecule has 1 aliphatic heterocycles. The summed E-state index contributed by atoms with van der Waals surface area (Å²) in [5.41, 5.74) is 0.628. The molecule has 1 N–H and O–H groups in total. The lowest BCUT2D eigenvalue weighted by Crippen LogP contribution is -2.49. The van der Waals surface area contributed by atoms with Gasteiger partial charge in [-0.15, -0.1) is 0 Å². The van der Waals surface area contributed by atoms with Crippen LogP contribution in [-0.4, -0.2) is 81.0 Å². The summed E-state index contributed by atoms with van der Waals surface area (Å²) in [7, 11) is -2.40. The first-order valence-corrected chi connectivity index (χ1v) is 11.9. The number of para-hydroxylation sites is 1. The van der Waals surface area contributed by atoms with E-state index in [4.69, 9.17) is 9.47 Å². The second-order valence-corrected chi connectivity index (χ2v) is 9.75. The summed E-state index contributed by atoms with van der Waals surface area (Å²) < 4.78 is 38.1. The van der Waals surface area contributed by atoms with Crippen LogP contribution in [0.1, 0.15) is 13.8 Å². The molecule has 0 spiro atoms. The predicted octanol–water partition coefficient (Wildman–Crippen LogP) is 0.813. The standard InChI is InChI=1S/C21H29N3O6S/c1-15-10-24(11-16(2)30-15)21(26)13-23-12-19(17-6-4-5-7-18(17)23)31(27,28)14-20(25)22-8-9-29-3/h4-7,12,15-16H,8-11,13-14H2,1-3H3,(H,22,25)/t15-,16-/m0/s1. The van der Waals surface area contributed by atoms with Gasteiger partial charge in [0.25, 0.3) is 0 Å². The molecule has 10 heteroatoms. The molecule has 170 valence electrons. The smallest absolute Gasteiger partial charge is 0.242 e. The van der Waals surface area contributed by atoms with Crippen LogP contribution < -0.4 is 5.32 Å². The minimum Gasteiger partial charge on any atom is -0.383 e. The van der Waals surface area contributed by atoms with Gasteiger partial charge in [-0.05, 0) is 19.9 Å². The van der Waals surface area contributed by atoms with Gasteiger partial charge >= 0.3 is 0 Å². The number of fused-ring (bicyclic) bond motifs is 1. The third-order valence-corrected chi connectivity index (χ3v) is 6.75. The van der Waals surface area contributed by atoms with Gasteiger partial charge in [0.2, 0.25) is 11.8 Å². The Labute approximate surface area is 182 Å². The Kier molecular flexibility index (Phi) is 7.34. The van der Waals surface area contributed by atoms with Gasteiger partial charge < -0.3 is 24.3 Å². The van der Waals surface area contributed by atoms with Crippen molar-refractivity contribution in [2.24, 2.45) is 0 Å². The summed E-state index contributed by atoms with van der Waals surface area (Å²) in [4.78, 5) is 26.8. The summed E-state index contributed by atoms with van der Waals surface area (Å²) in [6.07, 6.45) is 1.34. The van der Waals surface area contributed by atoms with Crippen molar-refractivity contribution < 1.29 is 27.5 Å². The van der Waals surface area contributed by atoms with Gasteiger partial charge in [0, 0.05) is 43.8 Å². The van der Waals surface area contributed by atoms with Gasteiger partial charge in [-0.2, -0.15) is 0 Å². The Balaban J connectivity index is 1.83. The Morgan fingerprint density at radius 3 is 2.55 bits per heavy atom. The van der Waals surface area contributed by atoms with Crippen LogP contribution in [0.2, 0.25) is 0 Å². The van der Waals surface area contributed by atoms with E-state index in [0.29, 0.717) is 30.6 Å². The molecule has 1 fully saturated rings. The summed E-state index contributed by atoms with van der Waals surface area (Å²) in [6.45, 7) is 5.37. The molecule has 0 radical (unpaired) electrons. The Morgan fingerprint density at radius 2 is 1.87 bits per heavy atom. The lowest BCUT2D eigenvalue weighted by molar-refractivity contribution is -0.143. The average molecular weight is 452 g/mol. The maximum atomic E-state index is 13.0. The lowest BCUT2D eigenvalue weighted by atomic mass is 10.2. The van der Waals surface area contributed by atoms with Crippen molar-refractivity contribution in [2.75, 3.05) is 39.1 Å². The van der Waals surface area contributed by atoms with Crippen molar-refractivity contribution in [1.29, 1.82) is 0 Å². The first-order valence-electron chi connectivity index (χ1n) is 10.2. The van der Waals surface area contributed by atoms with Crippen LogP contribution in [0.3, 0.4) is 0 Å². The molecule has 9 nitrogen and oxygen atoms in total. The highest BCUT2D eigenvalue weighted by atomic mass is 32.2. The molecular formula is C21H29N3O6S. The summed E-state index contributed by atoms with van der Waals surface area (Å²) in [6, 6.07) is 6.98. The molecule has 1 aliphatic rings. The number of carbonyl (C=O) groups is 2. The molecule has 1 aromatic carbocycles. The highest BCUT2D eigenvalue weighted by molar-refractivity contribution is 7.92. The number of nitrogens with zero attached hydrogens (tertiary/aromatic N) is 2. The molecule has 3 rings (SSSR count). The van der Waals surface area contributed by atoms with E-state index in [-0.39, 0.29) is 36.1 Å². The number of amides is 2. The molecule has 1 aromatic heterocycles. The van der Waals surface area contributed by atoms with E-state index in [9.17, 15) is 18.0 Å². The second kappa shape index (κ2) is 9.80. The molecule has 0 unspecified atom stereocenters. The van der Waals surface area contributed by atoms with Crippen LogP contribution in [-0.2, 0) is 35.4 Å². The second-order valence-electron chi connectivity index (χ2n) is 7.80. The number of hydrogen-bond acceptors (Lipinski definition) is 6. The molecule has 0 aliphatic carbocycles. The van der Waals surface area contributed by atoms with Crippen LogP contribution in [0.15, 0.2) is 35.4 Å². The minimum absolute atomic E-state index is 0.00943. The maximum Gasteiger partial charge on any atom is 0.242 e. The van der Waals surface area contributed by atoms with Gasteiger partial charge in [-0.1, -0.05) is 18.2 Å². The van der Waals surface area contributed by atoms with E-state index in [1.807, 2.05) is 13.8 Å². The quantitative estimate of drug-likeness (QED) is 0.596. The first kappa shape index (κ1) is 23.2. The number of aromatic nitrogens is 1. The number of sulfone groups is 1. The van der Waals surface area contributed by atoms with Gasteiger partial charge in [0.15, 0.2) is 9.84 Å². The zero-order valence-corrected chi connectivity index (χ0v) is 18.9. The zero-order valence-electron chi connectivity index (χ0n) is 18.0. The highest BCUT2D eigenvalue weighted by Crippen LogP contribution is 2.26. The molecule has 0 saturated carbocycles. The normalized spacial score (nSPS) is 19.5. The fraction of sp³-hybridized carbons (Fsp3) is 0.524. The number of methoxy groups -OCH3 is 1. The van der Waals surface area contributed by atoms with Crippen LogP contribution >= 0.6 is 0 Å². The molecule has 1 saturated heterocycles. The number of ether oxygens (including phenoxy) is 2. The van der Waals surface area contributed by atoms with Crippen molar-refractivity contribution in [3.63, 3.8) is 0 Å². The predicted molar refractivity (Wildman–Crippen MR) is 115 cm³/mol. The molecule has 2 heterocycles. The average Bonchev–Trinajstić information content (AvgIpc) is 3.06. The van der Waals surface area contributed by atoms with Crippen molar-refractivity contribution in [3.8, 4) is 0 Å². The number of benzene rings is 1. The third-order valence-electron chi connectivity index (χ3n) is 5.11. The Hall–Kier alpha value is -2.43. The molecule has 2 atom stereocenters. The van der Waals surface area contributed by atoms with E-state index < -0.39 is 21.5 Å². The number of hydrogen-bond donors (Lipinski definition) is 1. The topological polar surface area (TPSA) is 107 Å². The summed E-state index contributed by atoms with van der Waals surface area (Å²) in [5, 5.41) is 3.01.